The molecule has 43 heavy (non-hydrogen) atoms. The molecule has 2 aliphatic heterocycles. The molecule has 3 aromatic rings. The summed E-state index contributed by atoms with van der Waals surface area (Å²) in [5.41, 5.74) is -2.97. The van der Waals surface area contributed by atoms with E-state index in [1.807, 2.05) is 0 Å². The average Bonchev–Trinajstić information content (AvgIpc) is 2.98. The third kappa shape index (κ3) is 4.96. The summed E-state index contributed by atoms with van der Waals surface area (Å²) in [5, 5.41) is 124. The third-order valence-electron chi connectivity index (χ3n) is 7.81. The van der Waals surface area contributed by atoms with Crippen LogP contribution in [-0.4, -0.2) is 123 Å². The number of rotatable bonds is 5. The summed E-state index contributed by atoms with van der Waals surface area (Å²) >= 11 is 0. The maximum absolute atomic E-state index is 13.5. The Morgan fingerprint density at radius 2 is 1.16 bits per heavy atom. The molecule has 16 nitrogen and oxygen atoms in total. The molecule has 2 fully saturated rings. The number of aliphatic hydroxyl groups excluding tert-OH is 8. The number of phenolic OH excluding ortho intramolecular Hbond substituents is 4. The first-order valence-corrected chi connectivity index (χ1v) is 13.0. The highest BCUT2D eigenvalue weighted by Gasteiger charge is 2.50. The fourth-order valence-electron chi connectivity index (χ4n) is 5.44. The van der Waals surface area contributed by atoms with E-state index in [0.717, 1.165) is 18.2 Å². The van der Waals surface area contributed by atoms with E-state index in [1.54, 1.807) is 0 Å². The van der Waals surface area contributed by atoms with E-state index < -0.39 is 125 Å². The summed E-state index contributed by atoms with van der Waals surface area (Å²) < 4.78 is 16.9. The second kappa shape index (κ2) is 11.5. The summed E-state index contributed by atoms with van der Waals surface area (Å²) in [6.07, 6.45) is -18.5. The first kappa shape index (κ1) is 30.9. The number of benzene rings is 2. The molecule has 2 aliphatic rings. The molecule has 0 spiro atoms. The van der Waals surface area contributed by atoms with Crippen molar-refractivity contribution in [2.45, 2.75) is 61.0 Å². The minimum atomic E-state index is -2.05. The highest BCUT2D eigenvalue weighted by atomic mass is 16.6. The van der Waals surface area contributed by atoms with Crippen molar-refractivity contribution in [3.63, 3.8) is 0 Å². The number of fused-ring (bicyclic) bond motifs is 1. The Bertz CT molecular complexity index is 1570. The number of aliphatic hydroxyl groups is 8. The SMILES string of the molecule is O=c1cc(-c2ccc(O)c(O)c2)oc2c([C@@H]3O[C@H](CO)[C@H](O)[C@H](O)[C@H]3O)c(O)c([C@@H]3O[C@@H](CO)[C@@H](O)[C@@H](O)[C@@H]3O)c(O)c12. The Morgan fingerprint density at radius 1 is 0.628 bits per heavy atom. The molecule has 0 aliphatic carbocycles. The van der Waals surface area contributed by atoms with Crippen LogP contribution in [0.15, 0.2) is 33.5 Å². The Balaban J connectivity index is 1.82. The zero-order chi connectivity index (χ0) is 31.5. The van der Waals surface area contributed by atoms with E-state index in [-0.39, 0.29) is 11.3 Å². The van der Waals surface area contributed by atoms with Crippen molar-refractivity contribution in [2.24, 2.45) is 0 Å². The van der Waals surface area contributed by atoms with Gasteiger partial charge in [0.1, 0.15) is 83.7 Å². The van der Waals surface area contributed by atoms with Gasteiger partial charge in [-0.3, -0.25) is 4.79 Å². The Morgan fingerprint density at radius 3 is 1.67 bits per heavy atom. The lowest BCUT2D eigenvalue weighted by molar-refractivity contribution is -0.234. The number of ether oxygens (including phenoxy) is 2. The number of hydrogen-bond donors (Lipinski definition) is 12. The van der Waals surface area contributed by atoms with Gasteiger partial charge in [-0.15, -0.1) is 0 Å². The number of aromatic hydroxyl groups is 4. The van der Waals surface area contributed by atoms with Crippen molar-refractivity contribution in [3.05, 3.63) is 45.6 Å². The van der Waals surface area contributed by atoms with Crippen molar-refractivity contribution < 1.29 is 75.2 Å². The van der Waals surface area contributed by atoms with Gasteiger partial charge < -0.3 is 75.2 Å². The minimum Gasteiger partial charge on any atom is -0.507 e. The molecule has 2 saturated heterocycles. The van der Waals surface area contributed by atoms with Crippen molar-refractivity contribution in [1.29, 1.82) is 0 Å². The molecule has 0 radical (unpaired) electrons. The van der Waals surface area contributed by atoms with E-state index in [1.165, 1.54) is 6.07 Å². The molecule has 0 saturated carbocycles. The topological polar surface area (TPSA) is 291 Å². The molecule has 0 amide bonds. The standard InChI is InChI=1S/C27H30O16/c28-5-12-17(33)21(37)23(39)26(42-12)15-19(35)14-10(32)4-11(7-1-2-8(30)9(31)3-7)41-25(14)16(20(15)36)27-24(40)22(38)18(34)13(6-29)43-27/h1-4,12-13,17-18,21-24,26-31,33-40H,5-6H2/t12-,13+,17+,18-,21+,22-,23-,24+,26-,27-/m0/s1. The van der Waals surface area contributed by atoms with Crippen LogP contribution in [0.2, 0.25) is 0 Å². The normalized spacial score (nSPS) is 33.1. The Labute approximate surface area is 240 Å². The minimum absolute atomic E-state index is 0.0334. The van der Waals surface area contributed by atoms with Gasteiger partial charge in [0, 0.05) is 11.6 Å². The second-order valence-electron chi connectivity index (χ2n) is 10.4. The highest BCUT2D eigenvalue weighted by molar-refractivity contribution is 5.92. The zero-order valence-corrected chi connectivity index (χ0v) is 22.0. The fraction of sp³-hybridized carbons (Fsp3) is 0.444. The Hall–Kier alpha value is -3.55. The van der Waals surface area contributed by atoms with E-state index in [2.05, 4.69) is 0 Å². The van der Waals surface area contributed by atoms with E-state index in [9.17, 15) is 66.1 Å². The number of hydrogen-bond acceptors (Lipinski definition) is 16. The predicted molar refractivity (Wildman–Crippen MR) is 140 cm³/mol. The average molecular weight is 611 g/mol. The molecule has 1 aromatic heterocycles. The van der Waals surface area contributed by atoms with Crippen molar-refractivity contribution >= 4 is 11.0 Å². The van der Waals surface area contributed by atoms with Crippen molar-refractivity contribution in [1.82, 2.24) is 0 Å². The summed E-state index contributed by atoms with van der Waals surface area (Å²) in [4.78, 5) is 13.5. The van der Waals surface area contributed by atoms with Gasteiger partial charge in [-0.1, -0.05) is 0 Å². The van der Waals surface area contributed by atoms with Crippen LogP contribution in [0, 0.1) is 0 Å². The predicted octanol–water partition coefficient (Wildman–Crippen LogP) is -2.69. The lowest BCUT2D eigenvalue weighted by atomic mass is 9.85. The quantitative estimate of drug-likeness (QED) is 0.131. The largest absolute Gasteiger partial charge is 0.507 e. The smallest absolute Gasteiger partial charge is 0.197 e. The molecule has 3 heterocycles. The van der Waals surface area contributed by atoms with Gasteiger partial charge in [0.2, 0.25) is 0 Å². The van der Waals surface area contributed by atoms with Crippen LogP contribution in [0.3, 0.4) is 0 Å². The summed E-state index contributed by atoms with van der Waals surface area (Å²) in [7, 11) is 0. The van der Waals surface area contributed by atoms with Crippen LogP contribution in [0.5, 0.6) is 23.0 Å². The molecule has 16 heteroatoms. The van der Waals surface area contributed by atoms with Gasteiger partial charge in [-0.25, -0.2) is 0 Å². The molecule has 0 unspecified atom stereocenters. The van der Waals surface area contributed by atoms with Gasteiger partial charge in [0.15, 0.2) is 22.5 Å². The summed E-state index contributed by atoms with van der Waals surface area (Å²) in [5.74, 6) is -3.43. The van der Waals surface area contributed by atoms with Gasteiger partial charge in [-0.2, -0.15) is 0 Å². The van der Waals surface area contributed by atoms with Crippen molar-refractivity contribution in [2.75, 3.05) is 13.2 Å². The zero-order valence-electron chi connectivity index (χ0n) is 22.0. The Kier molecular flexibility index (Phi) is 8.27. The number of phenols is 4. The molecule has 12 N–H and O–H groups in total. The van der Waals surface area contributed by atoms with Gasteiger partial charge in [-0.05, 0) is 18.2 Å². The third-order valence-corrected chi connectivity index (χ3v) is 7.81. The van der Waals surface area contributed by atoms with Crippen LogP contribution in [0.25, 0.3) is 22.3 Å². The van der Waals surface area contributed by atoms with E-state index in [4.69, 9.17) is 13.9 Å². The first-order chi connectivity index (χ1) is 20.3. The fourth-order valence-corrected chi connectivity index (χ4v) is 5.44. The van der Waals surface area contributed by atoms with Crippen LogP contribution in [-0.2, 0) is 9.47 Å². The molecule has 0 bridgehead atoms. The van der Waals surface area contributed by atoms with Gasteiger partial charge in [0.05, 0.1) is 24.3 Å². The second-order valence-corrected chi connectivity index (χ2v) is 10.4. The molecular formula is C27H30O16. The molecular weight excluding hydrogens is 580 g/mol. The summed E-state index contributed by atoms with van der Waals surface area (Å²) in [6, 6.07) is 4.26. The van der Waals surface area contributed by atoms with Crippen LogP contribution >= 0.6 is 0 Å². The molecule has 10 atom stereocenters. The van der Waals surface area contributed by atoms with Gasteiger partial charge in [0.25, 0.3) is 0 Å². The van der Waals surface area contributed by atoms with Crippen LogP contribution in [0.4, 0.5) is 0 Å². The lowest BCUT2D eigenvalue weighted by Gasteiger charge is -2.42. The molecule has 5 rings (SSSR count). The lowest BCUT2D eigenvalue weighted by Crippen LogP contribution is -2.55. The highest BCUT2D eigenvalue weighted by Crippen LogP contribution is 2.51. The van der Waals surface area contributed by atoms with Crippen LogP contribution < -0.4 is 5.43 Å². The van der Waals surface area contributed by atoms with E-state index in [0.29, 0.717) is 0 Å². The summed E-state index contributed by atoms with van der Waals surface area (Å²) in [6.45, 7) is -1.75. The van der Waals surface area contributed by atoms with E-state index >= 15 is 0 Å². The molecule has 2 aromatic carbocycles. The maximum atomic E-state index is 13.5. The molecule has 234 valence electrons. The van der Waals surface area contributed by atoms with Gasteiger partial charge >= 0.3 is 0 Å². The monoisotopic (exact) mass is 610 g/mol. The van der Waals surface area contributed by atoms with Crippen molar-refractivity contribution in [3.8, 4) is 34.3 Å². The van der Waals surface area contributed by atoms with Crippen LogP contribution in [0.1, 0.15) is 23.3 Å². The first-order valence-electron chi connectivity index (χ1n) is 13.0. The maximum Gasteiger partial charge on any atom is 0.197 e.